The molecule has 0 aliphatic carbocycles. The smallest absolute Gasteiger partial charge is 0.241 e. The molecular weight excluding hydrogens is 328 g/mol. The molecule has 0 aromatic heterocycles. The second-order valence-electron chi connectivity index (χ2n) is 5.10. The fraction of sp³-hybridized carbons (Fsp3) is 0.235. The van der Waals surface area contributed by atoms with Gasteiger partial charge in [-0.05, 0) is 59.0 Å². The maximum absolute atomic E-state index is 12.1. The Morgan fingerprint density at radius 2 is 1.95 bits per heavy atom. The van der Waals surface area contributed by atoms with Crippen LogP contribution in [0.3, 0.4) is 0 Å². The highest BCUT2D eigenvalue weighted by Crippen LogP contribution is 2.23. The van der Waals surface area contributed by atoms with Gasteiger partial charge in [-0.25, -0.2) is 0 Å². The third-order valence-electron chi connectivity index (χ3n) is 3.31. The third kappa shape index (κ3) is 4.69. The van der Waals surface area contributed by atoms with Crippen molar-refractivity contribution in [3.05, 3.63) is 64.1 Å². The monoisotopic (exact) mass is 346 g/mol. The second kappa shape index (κ2) is 7.38. The van der Waals surface area contributed by atoms with Crippen molar-refractivity contribution < 1.29 is 4.79 Å². The van der Waals surface area contributed by atoms with E-state index in [9.17, 15) is 4.79 Å². The number of hydrogen-bond donors (Lipinski definition) is 2. The zero-order valence-electron chi connectivity index (χ0n) is 12.0. The molecule has 0 bridgehead atoms. The SMILES string of the molecule is Cc1ccc(NC(=O)C(N)CCc2ccccc2)c(Br)c1. The van der Waals surface area contributed by atoms with E-state index in [0.29, 0.717) is 6.42 Å². The Hall–Kier alpha value is -1.65. The van der Waals surface area contributed by atoms with Crippen molar-refractivity contribution >= 4 is 27.5 Å². The van der Waals surface area contributed by atoms with Crippen molar-refractivity contribution in [3.8, 4) is 0 Å². The Morgan fingerprint density at radius 1 is 1.24 bits per heavy atom. The molecule has 0 spiro atoms. The van der Waals surface area contributed by atoms with E-state index in [4.69, 9.17) is 5.73 Å². The van der Waals surface area contributed by atoms with E-state index in [1.54, 1.807) is 0 Å². The molecule has 2 aromatic rings. The summed E-state index contributed by atoms with van der Waals surface area (Å²) < 4.78 is 0.867. The predicted octanol–water partition coefficient (Wildman–Crippen LogP) is 3.66. The van der Waals surface area contributed by atoms with E-state index in [1.165, 1.54) is 5.56 Å². The lowest BCUT2D eigenvalue weighted by atomic mass is 10.1. The van der Waals surface area contributed by atoms with Gasteiger partial charge in [-0.15, -0.1) is 0 Å². The molecule has 0 heterocycles. The van der Waals surface area contributed by atoms with Crippen LogP contribution in [0.4, 0.5) is 5.69 Å². The number of carbonyl (C=O) groups is 1. The van der Waals surface area contributed by atoms with Crippen LogP contribution >= 0.6 is 15.9 Å². The van der Waals surface area contributed by atoms with Crippen molar-refractivity contribution in [2.75, 3.05) is 5.32 Å². The molecule has 1 unspecified atom stereocenters. The Labute approximate surface area is 133 Å². The van der Waals surface area contributed by atoms with Crippen molar-refractivity contribution in [2.45, 2.75) is 25.8 Å². The fourth-order valence-corrected chi connectivity index (χ4v) is 2.64. The molecule has 21 heavy (non-hydrogen) atoms. The van der Waals surface area contributed by atoms with Gasteiger partial charge >= 0.3 is 0 Å². The molecular formula is C17H19BrN2O. The van der Waals surface area contributed by atoms with Gasteiger partial charge in [0.2, 0.25) is 5.91 Å². The van der Waals surface area contributed by atoms with E-state index >= 15 is 0 Å². The first-order valence-electron chi connectivity index (χ1n) is 6.93. The summed E-state index contributed by atoms with van der Waals surface area (Å²) >= 11 is 3.44. The number of rotatable bonds is 5. The zero-order valence-corrected chi connectivity index (χ0v) is 13.6. The number of anilines is 1. The van der Waals surface area contributed by atoms with E-state index in [0.717, 1.165) is 22.1 Å². The molecule has 0 radical (unpaired) electrons. The number of benzene rings is 2. The summed E-state index contributed by atoms with van der Waals surface area (Å²) in [7, 11) is 0. The van der Waals surface area contributed by atoms with E-state index in [2.05, 4.69) is 21.2 Å². The lowest BCUT2D eigenvalue weighted by Gasteiger charge is -2.13. The number of carbonyl (C=O) groups excluding carboxylic acids is 1. The van der Waals surface area contributed by atoms with Gasteiger partial charge in [-0.1, -0.05) is 36.4 Å². The summed E-state index contributed by atoms with van der Waals surface area (Å²) in [4.78, 5) is 12.1. The molecule has 0 aliphatic heterocycles. The molecule has 0 fully saturated rings. The summed E-state index contributed by atoms with van der Waals surface area (Å²) in [5.74, 6) is -0.157. The van der Waals surface area contributed by atoms with Crippen LogP contribution in [0.1, 0.15) is 17.5 Å². The highest BCUT2D eigenvalue weighted by Gasteiger charge is 2.14. The van der Waals surface area contributed by atoms with Crippen molar-refractivity contribution in [1.82, 2.24) is 0 Å². The molecule has 3 N–H and O–H groups in total. The number of nitrogens with two attached hydrogens (primary N) is 1. The van der Waals surface area contributed by atoms with Gasteiger partial charge < -0.3 is 11.1 Å². The zero-order chi connectivity index (χ0) is 15.2. The molecule has 1 atom stereocenters. The minimum Gasteiger partial charge on any atom is -0.324 e. The van der Waals surface area contributed by atoms with Gasteiger partial charge in [-0.3, -0.25) is 4.79 Å². The molecule has 2 aromatic carbocycles. The number of amides is 1. The highest BCUT2D eigenvalue weighted by molar-refractivity contribution is 9.10. The Kier molecular flexibility index (Phi) is 5.53. The Morgan fingerprint density at radius 3 is 2.62 bits per heavy atom. The molecule has 0 saturated heterocycles. The standard InChI is InChI=1S/C17H19BrN2O/c1-12-7-10-16(14(18)11-12)20-17(21)15(19)9-8-13-5-3-2-4-6-13/h2-7,10-11,15H,8-9,19H2,1H3,(H,20,21). The van der Waals surface area contributed by atoms with Crippen LogP contribution < -0.4 is 11.1 Å². The van der Waals surface area contributed by atoms with Crippen LogP contribution in [-0.4, -0.2) is 11.9 Å². The third-order valence-corrected chi connectivity index (χ3v) is 3.96. The summed E-state index contributed by atoms with van der Waals surface area (Å²) in [5.41, 5.74) is 9.04. The summed E-state index contributed by atoms with van der Waals surface area (Å²) in [6, 6.07) is 15.3. The number of hydrogen-bond acceptors (Lipinski definition) is 2. The van der Waals surface area contributed by atoms with Gasteiger partial charge in [0, 0.05) is 4.47 Å². The van der Waals surface area contributed by atoms with Gasteiger partial charge in [0.25, 0.3) is 0 Å². The van der Waals surface area contributed by atoms with Crippen LogP contribution in [0.5, 0.6) is 0 Å². The van der Waals surface area contributed by atoms with Crippen LogP contribution in [-0.2, 0) is 11.2 Å². The molecule has 0 saturated carbocycles. The van der Waals surface area contributed by atoms with Crippen molar-refractivity contribution in [2.24, 2.45) is 5.73 Å². The molecule has 0 aliphatic rings. The molecule has 4 heteroatoms. The lowest BCUT2D eigenvalue weighted by molar-refractivity contribution is -0.117. The van der Waals surface area contributed by atoms with Gasteiger partial charge in [0.05, 0.1) is 11.7 Å². The first kappa shape index (κ1) is 15.7. The van der Waals surface area contributed by atoms with E-state index < -0.39 is 6.04 Å². The predicted molar refractivity (Wildman–Crippen MR) is 90.2 cm³/mol. The van der Waals surface area contributed by atoms with Crippen LogP contribution in [0.25, 0.3) is 0 Å². The normalized spacial score (nSPS) is 12.0. The fourth-order valence-electron chi connectivity index (χ4n) is 2.04. The number of halogens is 1. The quantitative estimate of drug-likeness (QED) is 0.867. The Balaban J connectivity index is 1.90. The molecule has 3 nitrogen and oxygen atoms in total. The minimum absolute atomic E-state index is 0.157. The average Bonchev–Trinajstić information content (AvgIpc) is 2.48. The maximum Gasteiger partial charge on any atom is 0.241 e. The lowest BCUT2D eigenvalue weighted by Crippen LogP contribution is -2.36. The maximum atomic E-state index is 12.1. The van der Waals surface area contributed by atoms with Crippen LogP contribution in [0.15, 0.2) is 53.0 Å². The second-order valence-corrected chi connectivity index (χ2v) is 5.96. The van der Waals surface area contributed by atoms with Crippen LogP contribution in [0.2, 0.25) is 0 Å². The molecule has 2 rings (SSSR count). The molecule has 1 amide bonds. The van der Waals surface area contributed by atoms with Crippen molar-refractivity contribution in [3.63, 3.8) is 0 Å². The Bertz CT molecular complexity index is 613. The topological polar surface area (TPSA) is 55.1 Å². The number of nitrogens with one attached hydrogen (secondary N) is 1. The average molecular weight is 347 g/mol. The summed E-state index contributed by atoms with van der Waals surface area (Å²) in [6.45, 7) is 2.00. The largest absolute Gasteiger partial charge is 0.324 e. The van der Waals surface area contributed by atoms with Crippen LogP contribution in [0, 0.1) is 6.92 Å². The van der Waals surface area contributed by atoms with E-state index in [-0.39, 0.29) is 5.91 Å². The van der Waals surface area contributed by atoms with E-state index in [1.807, 2.05) is 55.5 Å². The minimum atomic E-state index is -0.515. The summed E-state index contributed by atoms with van der Waals surface area (Å²) in [5, 5.41) is 2.86. The van der Waals surface area contributed by atoms with Gasteiger partial charge in [0.1, 0.15) is 0 Å². The van der Waals surface area contributed by atoms with Gasteiger partial charge in [0.15, 0.2) is 0 Å². The molecule has 110 valence electrons. The number of aryl methyl sites for hydroxylation is 2. The first-order chi connectivity index (χ1) is 10.1. The van der Waals surface area contributed by atoms with Gasteiger partial charge in [-0.2, -0.15) is 0 Å². The highest BCUT2D eigenvalue weighted by atomic mass is 79.9. The first-order valence-corrected chi connectivity index (χ1v) is 7.72. The summed E-state index contributed by atoms with van der Waals surface area (Å²) in [6.07, 6.45) is 1.42. The van der Waals surface area contributed by atoms with Crippen molar-refractivity contribution in [1.29, 1.82) is 0 Å².